The predicted molar refractivity (Wildman–Crippen MR) is 73.4 cm³/mol. The lowest BCUT2D eigenvalue weighted by molar-refractivity contribution is 0.0436. The van der Waals surface area contributed by atoms with Gasteiger partial charge >= 0.3 is 5.97 Å². The number of anilines is 1. The fraction of sp³-hybridized carbons (Fsp3) is 0.214. The molecule has 1 aromatic carbocycles. The van der Waals surface area contributed by atoms with Crippen LogP contribution in [0.5, 0.6) is 11.8 Å². The maximum absolute atomic E-state index is 11.8. The van der Waals surface area contributed by atoms with Crippen molar-refractivity contribution in [2.75, 3.05) is 19.5 Å². The number of cyclic esters (lactones) is 1. The van der Waals surface area contributed by atoms with E-state index >= 15 is 0 Å². The molecule has 7 heteroatoms. The van der Waals surface area contributed by atoms with Crippen molar-refractivity contribution in [2.24, 2.45) is 0 Å². The largest absolute Gasteiger partial charge is 0.481 e. The molecule has 0 spiro atoms. The van der Waals surface area contributed by atoms with Crippen molar-refractivity contribution >= 4 is 11.9 Å². The first-order valence-corrected chi connectivity index (χ1v) is 6.25. The smallest absolute Gasteiger partial charge is 0.340 e. The number of benzene rings is 1. The highest BCUT2D eigenvalue weighted by Gasteiger charge is 2.31. The third-order valence-corrected chi connectivity index (χ3v) is 3.05. The van der Waals surface area contributed by atoms with Gasteiger partial charge in [-0.3, -0.25) is 0 Å². The molecule has 0 saturated carbocycles. The van der Waals surface area contributed by atoms with E-state index in [0.29, 0.717) is 17.3 Å². The second-order valence-corrected chi connectivity index (χ2v) is 4.29. The molecule has 0 amide bonds. The molecular formula is C14H13N3O4. The van der Waals surface area contributed by atoms with Crippen molar-refractivity contribution in [3.05, 3.63) is 41.5 Å². The van der Waals surface area contributed by atoms with Crippen molar-refractivity contribution in [1.29, 1.82) is 0 Å². The number of ether oxygens (including phenoxy) is 3. The topological polar surface area (TPSA) is 82.6 Å². The Morgan fingerprint density at radius 2 is 1.81 bits per heavy atom. The molecule has 0 fully saturated rings. The van der Waals surface area contributed by atoms with E-state index in [-0.39, 0.29) is 11.9 Å². The lowest BCUT2D eigenvalue weighted by Crippen LogP contribution is -2.13. The Labute approximate surface area is 120 Å². The van der Waals surface area contributed by atoms with Crippen LogP contribution >= 0.6 is 0 Å². The van der Waals surface area contributed by atoms with Gasteiger partial charge in [-0.15, -0.1) is 0 Å². The Bertz CT molecular complexity index is 667. The van der Waals surface area contributed by atoms with Crippen LogP contribution in [0, 0.1) is 0 Å². The minimum absolute atomic E-state index is 0.251. The number of carbonyl (C=O) groups is 1. The highest BCUT2D eigenvalue weighted by molar-refractivity contribution is 5.94. The summed E-state index contributed by atoms with van der Waals surface area (Å²) >= 11 is 0. The van der Waals surface area contributed by atoms with Gasteiger partial charge in [0.05, 0.1) is 25.8 Å². The molecule has 1 atom stereocenters. The summed E-state index contributed by atoms with van der Waals surface area (Å²) in [6, 6.07) is 8.71. The van der Waals surface area contributed by atoms with E-state index in [1.807, 2.05) is 12.1 Å². The van der Waals surface area contributed by atoms with E-state index < -0.39 is 6.23 Å². The van der Waals surface area contributed by atoms with Gasteiger partial charge in [0, 0.05) is 5.56 Å². The highest BCUT2D eigenvalue weighted by atomic mass is 16.6. The van der Waals surface area contributed by atoms with Crippen LogP contribution < -0.4 is 14.8 Å². The number of carbonyl (C=O) groups excluding carboxylic acids is 1. The third kappa shape index (κ3) is 2.45. The number of methoxy groups -OCH3 is 2. The maximum Gasteiger partial charge on any atom is 0.340 e. The molecule has 0 bridgehead atoms. The Morgan fingerprint density at radius 3 is 2.48 bits per heavy atom. The molecule has 2 heterocycles. The first-order valence-electron chi connectivity index (χ1n) is 6.25. The number of aromatic nitrogens is 2. The Balaban J connectivity index is 1.90. The number of hydrogen-bond acceptors (Lipinski definition) is 7. The minimum Gasteiger partial charge on any atom is -0.481 e. The van der Waals surface area contributed by atoms with Crippen molar-refractivity contribution in [3.8, 4) is 11.8 Å². The quantitative estimate of drug-likeness (QED) is 0.858. The number of esters is 1. The monoisotopic (exact) mass is 287 g/mol. The first-order chi connectivity index (χ1) is 10.2. The van der Waals surface area contributed by atoms with Crippen LogP contribution in [0.15, 0.2) is 30.3 Å². The molecule has 3 rings (SSSR count). The fourth-order valence-electron chi connectivity index (χ4n) is 2.05. The van der Waals surface area contributed by atoms with Gasteiger partial charge in [-0.1, -0.05) is 18.2 Å². The fourth-order valence-corrected chi connectivity index (χ4v) is 2.05. The van der Waals surface area contributed by atoms with Gasteiger partial charge in [0.2, 0.25) is 23.9 Å². The minimum atomic E-state index is -0.634. The number of hydrogen-bond donors (Lipinski definition) is 1. The van der Waals surface area contributed by atoms with Gasteiger partial charge in [0.25, 0.3) is 0 Å². The van der Waals surface area contributed by atoms with Gasteiger partial charge in [0.1, 0.15) is 0 Å². The van der Waals surface area contributed by atoms with Gasteiger partial charge in [-0.05, 0) is 6.07 Å². The number of nitrogens with zero attached hydrogens (tertiary/aromatic N) is 2. The molecule has 21 heavy (non-hydrogen) atoms. The number of fused-ring (bicyclic) bond motifs is 1. The second-order valence-electron chi connectivity index (χ2n) is 4.29. The summed E-state index contributed by atoms with van der Waals surface area (Å²) in [7, 11) is 2.99. The number of nitrogens with one attached hydrogen (secondary N) is 1. The molecule has 1 N–H and O–H groups in total. The van der Waals surface area contributed by atoms with Gasteiger partial charge < -0.3 is 19.5 Å². The zero-order chi connectivity index (χ0) is 14.8. The van der Waals surface area contributed by atoms with E-state index in [1.165, 1.54) is 14.2 Å². The van der Waals surface area contributed by atoms with Crippen LogP contribution in [-0.2, 0) is 4.74 Å². The van der Waals surface area contributed by atoms with E-state index in [9.17, 15) is 4.79 Å². The summed E-state index contributed by atoms with van der Waals surface area (Å²) in [4.78, 5) is 20.1. The molecule has 1 aliphatic rings. The van der Waals surface area contributed by atoms with Crippen molar-refractivity contribution < 1.29 is 19.0 Å². The average Bonchev–Trinajstić information content (AvgIpc) is 2.83. The van der Waals surface area contributed by atoms with Gasteiger partial charge in [-0.25, -0.2) is 4.79 Å². The summed E-state index contributed by atoms with van der Waals surface area (Å²) < 4.78 is 15.4. The van der Waals surface area contributed by atoms with Crippen LogP contribution in [0.3, 0.4) is 0 Å². The molecule has 0 radical (unpaired) electrons. The lowest BCUT2D eigenvalue weighted by atomic mass is 10.1. The van der Waals surface area contributed by atoms with Crippen molar-refractivity contribution in [3.63, 3.8) is 0 Å². The van der Waals surface area contributed by atoms with E-state index in [4.69, 9.17) is 14.2 Å². The van der Waals surface area contributed by atoms with E-state index in [0.717, 1.165) is 5.56 Å². The van der Waals surface area contributed by atoms with Crippen LogP contribution in [0.2, 0.25) is 0 Å². The molecule has 1 aliphatic heterocycles. The summed E-state index contributed by atoms with van der Waals surface area (Å²) in [6.07, 6.45) is -0.634. The van der Waals surface area contributed by atoms with E-state index in [2.05, 4.69) is 15.3 Å². The molecule has 0 unspecified atom stereocenters. The lowest BCUT2D eigenvalue weighted by Gasteiger charge is -2.13. The molecule has 0 aliphatic carbocycles. The molecule has 0 saturated heterocycles. The third-order valence-electron chi connectivity index (χ3n) is 3.05. The maximum atomic E-state index is 11.8. The molecule has 2 aromatic rings. The predicted octanol–water partition coefficient (Wildman–Crippen LogP) is 1.77. The molecule has 7 nitrogen and oxygen atoms in total. The standard InChI is InChI=1S/C14H13N3O4/c1-19-10-7-11(20-2)16-14(15-10)17-12-8-5-3-4-6-9(8)13(18)21-12/h3-7,12H,1-2H3,(H,15,16,17)/t12-/m1/s1. The van der Waals surface area contributed by atoms with Crippen molar-refractivity contribution in [2.45, 2.75) is 6.23 Å². The Hall–Kier alpha value is -2.83. The van der Waals surface area contributed by atoms with Crippen LogP contribution in [-0.4, -0.2) is 30.2 Å². The Kier molecular flexibility index (Phi) is 3.31. The molecule has 1 aromatic heterocycles. The summed E-state index contributed by atoms with van der Waals surface area (Å²) in [5.41, 5.74) is 1.28. The molecular weight excluding hydrogens is 274 g/mol. The van der Waals surface area contributed by atoms with Crippen molar-refractivity contribution in [1.82, 2.24) is 9.97 Å². The average molecular weight is 287 g/mol. The van der Waals surface area contributed by atoms with Crippen LogP contribution in [0.4, 0.5) is 5.95 Å². The second kappa shape index (κ2) is 5.28. The van der Waals surface area contributed by atoms with Crippen LogP contribution in [0.1, 0.15) is 22.1 Å². The van der Waals surface area contributed by atoms with Gasteiger partial charge in [-0.2, -0.15) is 9.97 Å². The first kappa shape index (κ1) is 13.2. The summed E-state index contributed by atoms with van der Waals surface area (Å²) in [5.74, 6) is 0.572. The van der Waals surface area contributed by atoms with E-state index in [1.54, 1.807) is 18.2 Å². The van der Waals surface area contributed by atoms with Gasteiger partial charge in [0.15, 0.2) is 0 Å². The highest BCUT2D eigenvalue weighted by Crippen LogP contribution is 2.31. The summed E-state index contributed by atoms with van der Waals surface area (Å²) in [6.45, 7) is 0. The normalized spacial score (nSPS) is 16.1. The molecule has 108 valence electrons. The summed E-state index contributed by atoms with van der Waals surface area (Å²) in [5, 5.41) is 2.95. The zero-order valence-corrected chi connectivity index (χ0v) is 11.5. The Morgan fingerprint density at radius 1 is 1.14 bits per heavy atom. The number of rotatable bonds is 4. The zero-order valence-electron chi connectivity index (χ0n) is 11.5. The van der Waals surface area contributed by atoms with Crippen LogP contribution in [0.25, 0.3) is 0 Å². The SMILES string of the molecule is COc1cc(OC)nc(N[C@@H]2OC(=O)c3ccccc32)n1.